The second-order valence-electron chi connectivity index (χ2n) is 4.22. The Hall–Kier alpha value is -0.550. The van der Waals surface area contributed by atoms with Gasteiger partial charge >= 0.3 is 0 Å². The Kier molecular flexibility index (Phi) is 1.72. The van der Waals surface area contributed by atoms with E-state index in [0.717, 1.165) is 0 Å². The van der Waals surface area contributed by atoms with Crippen LogP contribution in [0.2, 0.25) is 0 Å². The van der Waals surface area contributed by atoms with Gasteiger partial charge in [-0.25, -0.2) is 6.57 Å². The molecule has 0 radical (unpaired) electrons. The van der Waals surface area contributed by atoms with E-state index in [4.69, 9.17) is 6.57 Å². The van der Waals surface area contributed by atoms with Crippen LogP contribution in [0.5, 0.6) is 0 Å². The van der Waals surface area contributed by atoms with Crippen molar-refractivity contribution in [3.63, 3.8) is 0 Å². The molecule has 1 aliphatic carbocycles. The highest BCUT2D eigenvalue weighted by atomic mass is 16.3. The van der Waals surface area contributed by atoms with E-state index in [1.807, 2.05) is 20.8 Å². The van der Waals surface area contributed by atoms with E-state index < -0.39 is 5.60 Å². The van der Waals surface area contributed by atoms with Crippen LogP contribution in [0.15, 0.2) is 0 Å². The zero-order valence-corrected chi connectivity index (χ0v) is 7.39. The molecule has 1 fully saturated rings. The summed E-state index contributed by atoms with van der Waals surface area (Å²) in [5, 5.41) is 9.81. The first-order chi connectivity index (χ1) is 4.92. The Morgan fingerprint density at radius 1 is 1.45 bits per heavy atom. The predicted octanol–water partition coefficient (Wildman–Crippen LogP) is 1.85. The lowest BCUT2D eigenvalue weighted by Crippen LogP contribution is -2.56. The van der Waals surface area contributed by atoms with Crippen LogP contribution in [0.1, 0.15) is 33.6 Å². The standard InChI is InChI=1S/C9H15NO/c1-7(2)9(11)5-8(3,6-9)10-4/h7,11H,5-6H2,1-3H3. The second-order valence-corrected chi connectivity index (χ2v) is 4.22. The molecule has 2 nitrogen and oxygen atoms in total. The molecule has 0 bridgehead atoms. The fraction of sp³-hybridized carbons (Fsp3) is 0.889. The fourth-order valence-electron chi connectivity index (χ4n) is 1.75. The van der Waals surface area contributed by atoms with Crippen molar-refractivity contribution in [2.75, 3.05) is 0 Å². The molecule has 0 amide bonds. The summed E-state index contributed by atoms with van der Waals surface area (Å²) in [5.41, 5.74) is -0.835. The molecule has 0 aliphatic heterocycles. The molecular formula is C9H15NO. The molecule has 0 heterocycles. The Bertz CT molecular complexity index is 196. The van der Waals surface area contributed by atoms with Gasteiger partial charge in [0.1, 0.15) is 0 Å². The maximum atomic E-state index is 9.81. The second kappa shape index (κ2) is 2.22. The molecular weight excluding hydrogens is 138 g/mol. The van der Waals surface area contributed by atoms with Gasteiger partial charge in [-0.1, -0.05) is 13.8 Å². The number of rotatable bonds is 1. The van der Waals surface area contributed by atoms with Crippen molar-refractivity contribution in [1.82, 2.24) is 0 Å². The molecule has 0 aromatic rings. The van der Waals surface area contributed by atoms with Gasteiger partial charge in [0, 0.05) is 6.92 Å². The Morgan fingerprint density at radius 2 is 1.91 bits per heavy atom. The zero-order chi connectivity index (χ0) is 8.70. The average Bonchev–Trinajstić information content (AvgIpc) is 1.84. The SMILES string of the molecule is [C-]#[N+]C1(C)CC(O)(C(C)C)C1. The van der Waals surface area contributed by atoms with Crippen LogP contribution in [-0.4, -0.2) is 16.2 Å². The summed E-state index contributed by atoms with van der Waals surface area (Å²) in [7, 11) is 0. The highest BCUT2D eigenvalue weighted by Gasteiger charge is 2.57. The summed E-state index contributed by atoms with van der Waals surface area (Å²) in [6.45, 7) is 12.8. The van der Waals surface area contributed by atoms with Gasteiger partial charge in [0.15, 0.2) is 0 Å². The normalized spacial score (nSPS) is 43.3. The molecule has 0 atom stereocenters. The van der Waals surface area contributed by atoms with E-state index in [0.29, 0.717) is 12.8 Å². The maximum absolute atomic E-state index is 9.81. The zero-order valence-electron chi connectivity index (χ0n) is 7.39. The minimum absolute atomic E-state index is 0.275. The van der Waals surface area contributed by atoms with Crippen molar-refractivity contribution >= 4 is 0 Å². The fourth-order valence-corrected chi connectivity index (χ4v) is 1.75. The summed E-state index contributed by atoms with van der Waals surface area (Å²) < 4.78 is 0. The van der Waals surface area contributed by atoms with Crippen molar-refractivity contribution in [2.24, 2.45) is 5.92 Å². The van der Waals surface area contributed by atoms with Crippen LogP contribution in [-0.2, 0) is 0 Å². The van der Waals surface area contributed by atoms with Gasteiger partial charge in [-0.15, -0.1) is 0 Å². The highest BCUT2D eigenvalue weighted by Crippen LogP contribution is 2.47. The van der Waals surface area contributed by atoms with E-state index in [1.165, 1.54) is 0 Å². The molecule has 1 saturated carbocycles. The predicted molar refractivity (Wildman–Crippen MR) is 44.0 cm³/mol. The first kappa shape index (κ1) is 8.55. The van der Waals surface area contributed by atoms with Crippen LogP contribution in [0.4, 0.5) is 0 Å². The van der Waals surface area contributed by atoms with E-state index >= 15 is 0 Å². The lowest BCUT2D eigenvalue weighted by Gasteiger charge is -2.46. The number of hydrogen-bond acceptors (Lipinski definition) is 1. The summed E-state index contributed by atoms with van der Waals surface area (Å²) >= 11 is 0. The average molecular weight is 153 g/mol. The molecule has 1 aliphatic rings. The van der Waals surface area contributed by atoms with E-state index in [9.17, 15) is 5.11 Å². The van der Waals surface area contributed by atoms with E-state index in [-0.39, 0.29) is 11.5 Å². The van der Waals surface area contributed by atoms with Crippen LogP contribution >= 0.6 is 0 Å². The lowest BCUT2D eigenvalue weighted by atomic mass is 9.62. The van der Waals surface area contributed by atoms with Gasteiger partial charge in [-0.2, -0.15) is 0 Å². The first-order valence-electron chi connectivity index (χ1n) is 4.03. The Morgan fingerprint density at radius 3 is 2.18 bits per heavy atom. The molecule has 0 aromatic heterocycles. The number of hydrogen-bond donors (Lipinski definition) is 1. The quantitative estimate of drug-likeness (QED) is 0.571. The Labute approximate surface area is 68.0 Å². The molecule has 62 valence electrons. The van der Waals surface area contributed by atoms with Crippen LogP contribution in [0.25, 0.3) is 4.85 Å². The van der Waals surface area contributed by atoms with Crippen LogP contribution in [0.3, 0.4) is 0 Å². The number of aliphatic hydroxyl groups is 1. The number of nitrogens with zero attached hydrogens (tertiary/aromatic N) is 1. The van der Waals surface area contributed by atoms with E-state index in [2.05, 4.69) is 4.85 Å². The minimum atomic E-state index is -0.556. The highest BCUT2D eigenvalue weighted by molar-refractivity contribution is 5.14. The van der Waals surface area contributed by atoms with Crippen molar-refractivity contribution in [1.29, 1.82) is 0 Å². The van der Waals surface area contributed by atoms with Crippen molar-refractivity contribution in [2.45, 2.75) is 44.8 Å². The molecule has 1 N–H and O–H groups in total. The third kappa shape index (κ3) is 1.25. The third-order valence-corrected chi connectivity index (χ3v) is 2.72. The van der Waals surface area contributed by atoms with Crippen molar-refractivity contribution < 1.29 is 5.11 Å². The van der Waals surface area contributed by atoms with Gasteiger partial charge in [0.25, 0.3) is 0 Å². The third-order valence-electron chi connectivity index (χ3n) is 2.72. The first-order valence-corrected chi connectivity index (χ1v) is 4.03. The van der Waals surface area contributed by atoms with E-state index in [1.54, 1.807) is 0 Å². The molecule has 0 saturated heterocycles. The van der Waals surface area contributed by atoms with Gasteiger partial charge in [-0.3, -0.25) is 0 Å². The molecule has 2 heteroatoms. The molecule has 0 aromatic carbocycles. The van der Waals surface area contributed by atoms with Crippen molar-refractivity contribution in [3.05, 3.63) is 11.4 Å². The molecule has 11 heavy (non-hydrogen) atoms. The topological polar surface area (TPSA) is 24.6 Å². The monoisotopic (exact) mass is 153 g/mol. The minimum Gasteiger partial charge on any atom is -0.389 e. The summed E-state index contributed by atoms with van der Waals surface area (Å²) in [6, 6.07) is 0. The van der Waals surface area contributed by atoms with Crippen LogP contribution in [0, 0.1) is 12.5 Å². The molecule has 1 rings (SSSR count). The molecule has 0 unspecified atom stereocenters. The maximum Gasteiger partial charge on any atom is 0.235 e. The van der Waals surface area contributed by atoms with Gasteiger partial charge in [0.05, 0.1) is 18.4 Å². The van der Waals surface area contributed by atoms with Crippen LogP contribution < -0.4 is 0 Å². The van der Waals surface area contributed by atoms with Gasteiger partial charge in [-0.05, 0) is 5.92 Å². The smallest absolute Gasteiger partial charge is 0.235 e. The lowest BCUT2D eigenvalue weighted by molar-refractivity contribution is -0.102. The summed E-state index contributed by atoms with van der Waals surface area (Å²) in [4.78, 5) is 3.49. The summed E-state index contributed by atoms with van der Waals surface area (Å²) in [6.07, 6.45) is 1.28. The van der Waals surface area contributed by atoms with Gasteiger partial charge in [0.2, 0.25) is 5.54 Å². The van der Waals surface area contributed by atoms with Gasteiger partial charge < -0.3 is 9.95 Å². The molecule has 0 spiro atoms. The summed E-state index contributed by atoms with van der Waals surface area (Å²) in [5.74, 6) is 0.275. The Balaban J connectivity index is 2.58. The van der Waals surface area contributed by atoms with Crippen molar-refractivity contribution in [3.8, 4) is 0 Å². The largest absolute Gasteiger partial charge is 0.389 e.